The zero-order valence-electron chi connectivity index (χ0n) is 11.3. The molecule has 19 heavy (non-hydrogen) atoms. The molecule has 0 radical (unpaired) electrons. The van der Waals surface area contributed by atoms with E-state index in [0.717, 1.165) is 0 Å². The van der Waals surface area contributed by atoms with Gasteiger partial charge in [0.2, 0.25) is 0 Å². The molecule has 1 rings (SSSR count). The Kier molecular flexibility index (Phi) is 4.37. The van der Waals surface area contributed by atoms with Crippen LogP contribution in [0.5, 0.6) is 5.75 Å². The molecule has 0 saturated heterocycles. The largest absolute Gasteiger partial charge is 0.482 e. The Morgan fingerprint density at radius 1 is 1.32 bits per heavy atom. The van der Waals surface area contributed by atoms with Gasteiger partial charge in [0.15, 0.2) is 6.61 Å². The molecule has 2 amide bonds. The lowest BCUT2D eigenvalue weighted by Crippen LogP contribution is -2.40. The number of nitrogens with one attached hydrogen (secondary N) is 1. The predicted octanol–water partition coefficient (Wildman–Crippen LogP) is 0.661. The molecule has 1 aromatic carbocycles. The zero-order chi connectivity index (χ0) is 14.6. The molecule has 0 spiro atoms. The number of benzene rings is 1. The number of hydrogen-bond acceptors (Lipinski definition) is 4. The lowest BCUT2D eigenvalue weighted by Gasteiger charge is -2.20. The van der Waals surface area contributed by atoms with Crippen LogP contribution in [0.25, 0.3) is 0 Å². The Morgan fingerprint density at radius 2 is 1.95 bits per heavy atom. The highest BCUT2D eigenvalue weighted by molar-refractivity contribution is 5.95. The first-order chi connectivity index (χ1) is 8.69. The van der Waals surface area contributed by atoms with Crippen LogP contribution in [0.2, 0.25) is 0 Å². The molecular formula is C13H19N3O3. The Hall–Kier alpha value is -2.24. The van der Waals surface area contributed by atoms with E-state index in [1.54, 1.807) is 6.07 Å². The lowest BCUT2D eigenvalue weighted by molar-refractivity contribution is -0.119. The highest BCUT2D eigenvalue weighted by Gasteiger charge is 2.16. The number of ether oxygens (including phenoxy) is 1. The van der Waals surface area contributed by atoms with Gasteiger partial charge in [-0.1, -0.05) is 0 Å². The van der Waals surface area contributed by atoms with E-state index in [2.05, 4.69) is 5.32 Å². The molecule has 5 N–H and O–H groups in total. The van der Waals surface area contributed by atoms with Crippen LogP contribution in [0.1, 0.15) is 31.1 Å². The molecule has 6 nitrogen and oxygen atoms in total. The smallest absolute Gasteiger partial charge is 0.255 e. The average molecular weight is 265 g/mol. The summed E-state index contributed by atoms with van der Waals surface area (Å²) in [5.41, 5.74) is 11.1. The van der Waals surface area contributed by atoms with Gasteiger partial charge in [0, 0.05) is 11.1 Å². The van der Waals surface area contributed by atoms with Crippen molar-refractivity contribution in [1.29, 1.82) is 0 Å². The quantitative estimate of drug-likeness (QED) is 0.695. The van der Waals surface area contributed by atoms with Crippen LogP contribution in [0.4, 0.5) is 5.69 Å². The summed E-state index contributed by atoms with van der Waals surface area (Å²) in [6.07, 6.45) is 0. The van der Waals surface area contributed by atoms with Gasteiger partial charge in [-0.25, -0.2) is 0 Å². The lowest BCUT2D eigenvalue weighted by atomic mass is 10.1. The van der Waals surface area contributed by atoms with Gasteiger partial charge < -0.3 is 21.5 Å². The highest BCUT2D eigenvalue weighted by Crippen LogP contribution is 2.22. The summed E-state index contributed by atoms with van der Waals surface area (Å²) >= 11 is 0. The number of primary amides is 1. The molecule has 0 aliphatic heterocycles. The number of carbonyl (C=O) groups excluding carboxylic acids is 2. The monoisotopic (exact) mass is 265 g/mol. The first-order valence-electron chi connectivity index (χ1n) is 5.82. The number of anilines is 1. The summed E-state index contributed by atoms with van der Waals surface area (Å²) in [5, 5.41) is 2.82. The predicted molar refractivity (Wildman–Crippen MR) is 72.8 cm³/mol. The molecule has 0 atom stereocenters. The molecular weight excluding hydrogens is 246 g/mol. The molecule has 0 aliphatic carbocycles. The van der Waals surface area contributed by atoms with Crippen LogP contribution in [-0.2, 0) is 4.79 Å². The summed E-state index contributed by atoms with van der Waals surface area (Å²) in [5.74, 6) is -0.485. The van der Waals surface area contributed by atoms with Gasteiger partial charge in [0.1, 0.15) is 5.75 Å². The summed E-state index contributed by atoms with van der Waals surface area (Å²) in [4.78, 5) is 22.5. The second-order valence-electron chi connectivity index (χ2n) is 5.21. The summed E-state index contributed by atoms with van der Waals surface area (Å²) in [6.45, 7) is 5.41. The fourth-order valence-corrected chi connectivity index (χ4v) is 1.38. The van der Waals surface area contributed by atoms with Crippen molar-refractivity contribution >= 4 is 17.5 Å². The van der Waals surface area contributed by atoms with Crippen LogP contribution < -0.4 is 21.5 Å². The number of hydrogen-bond donors (Lipinski definition) is 3. The zero-order valence-corrected chi connectivity index (χ0v) is 11.3. The standard InChI is InChI=1S/C13H19N3O3/c1-13(2,3)16-12(18)8-4-5-10(9(14)6-8)19-7-11(15)17/h4-6H,7,14H2,1-3H3,(H2,15,17)(H,16,18). The number of nitrogen functional groups attached to an aromatic ring is 1. The van der Waals surface area contributed by atoms with Crippen LogP contribution >= 0.6 is 0 Å². The normalized spacial score (nSPS) is 10.9. The molecule has 0 unspecified atom stereocenters. The maximum absolute atomic E-state index is 11.9. The summed E-state index contributed by atoms with van der Waals surface area (Å²) in [7, 11) is 0. The Bertz CT molecular complexity index is 492. The van der Waals surface area contributed by atoms with Crippen LogP contribution in [0.3, 0.4) is 0 Å². The molecule has 0 aromatic heterocycles. The van der Waals surface area contributed by atoms with E-state index in [-0.39, 0.29) is 23.7 Å². The van der Waals surface area contributed by atoms with E-state index >= 15 is 0 Å². The minimum absolute atomic E-state index is 0.222. The highest BCUT2D eigenvalue weighted by atomic mass is 16.5. The third-order valence-corrected chi connectivity index (χ3v) is 2.13. The first-order valence-corrected chi connectivity index (χ1v) is 5.82. The number of rotatable bonds is 4. The van der Waals surface area contributed by atoms with Crippen molar-refractivity contribution in [2.24, 2.45) is 5.73 Å². The van der Waals surface area contributed by atoms with Crippen molar-refractivity contribution in [3.8, 4) is 5.75 Å². The molecule has 0 bridgehead atoms. The van der Waals surface area contributed by atoms with Crippen molar-refractivity contribution in [2.75, 3.05) is 12.3 Å². The Morgan fingerprint density at radius 3 is 2.42 bits per heavy atom. The van der Waals surface area contributed by atoms with Gasteiger partial charge >= 0.3 is 0 Å². The van der Waals surface area contributed by atoms with Crippen LogP contribution in [0, 0.1) is 0 Å². The van der Waals surface area contributed by atoms with E-state index in [9.17, 15) is 9.59 Å². The molecule has 0 aliphatic rings. The average Bonchev–Trinajstić information content (AvgIpc) is 2.24. The van der Waals surface area contributed by atoms with E-state index < -0.39 is 5.91 Å². The van der Waals surface area contributed by atoms with Gasteiger partial charge in [-0.05, 0) is 39.0 Å². The van der Waals surface area contributed by atoms with Crippen molar-refractivity contribution in [3.05, 3.63) is 23.8 Å². The molecule has 104 valence electrons. The maximum Gasteiger partial charge on any atom is 0.255 e. The van der Waals surface area contributed by atoms with Gasteiger partial charge in [-0.3, -0.25) is 9.59 Å². The van der Waals surface area contributed by atoms with Crippen LogP contribution in [-0.4, -0.2) is 24.0 Å². The summed E-state index contributed by atoms with van der Waals surface area (Å²) in [6, 6.07) is 4.61. The molecule has 0 heterocycles. The minimum Gasteiger partial charge on any atom is -0.482 e. The molecule has 0 saturated carbocycles. The van der Waals surface area contributed by atoms with E-state index in [0.29, 0.717) is 11.3 Å². The second kappa shape index (κ2) is 5.60. The number of carbonyl (C=O) groups is 2. The van der Waals surface area contributed by atoms with Crippen molar-refractivity contribution in [1.82, 2.24) is 5.32 Å². The first kappa shape index (κ1) is 14.8. The molecule has 0 fully saturated rings. The van der Waals surface area contributed by atoms with Crippen molar-refractivity contribution in [2.45, 2.75) is 26.3 Å². The van der Waals surface area contributed by atoms with Crippen molar-refractivity contribution < 1.29 is 14.3 Å². The number of nitrogens with two attached hydrogens (primary N) is 2. The second-order valence-corrected chi connectivity index (χ2v) is 5.21. The fourth-order valence-electron chi connectivity index (χ4n) is 1.38. The molecule has 6 heteroatoms. The fraction of sp³-hybridized carbons (Fsp3) is 0.385. The van der Waals surface area contributed by atoms with E-state index in [1.807, 2.05) is 20.8 Å². The maximum atomic E-state index is 11.9. The van der Waals surface area contributed by atoms with E-state index in [1.165, 1.54) is 12.1 Å². The Balaban J connectivity index is 2.81. The van der Waals surface area contributed by atoms with Gasteiger partial charge in [0.05, 0.1) is 5.69 Å². The van der Waals surface area contributed by atoms with Gasteiger partial charge in [0.25, 0.3) is 11.8 Å². The van der Waals surface area contributed by atoms with Crippen LogP contribution in [0.15, 0.2) is 18.2 Å². The third kappa shape index (κ3) is 4.87. The van der Waals surface area contributed by atoms with Crippen molar-refractivity contribution in [3.63, 3.8) is 0 Å². The Labute approximate surface area is 112 Å². The van der Waals surface area contributed by atoms with Gasteiger partial charge in [-0.15, -0.1) is 0 Å². The number of amides is 2. The molecule has 1 aromatic rings. The summed E-state index contributed by atoms with van der Waals surface area (Å²) < 4.78 is 5.10. The minimum atomic E-state index is -0.589. The third-order valence-electron chi connectivity index (χ3n) is 2.13. The van der Waals surface area contributed by atoms with Gasteiger partial charge in [-0.2, -0.15) is 0 Å². The van der Waals surface area contributed by atoms with E-state index in [4.69, 9.17) is 16.2 Å². The SMILES string of the molecule is CC(C)(C)NC(=O)c1ccc(OCC(N)=O)c(N)c1. The topological polar surface area (TPSA) is 107 Å².